The average molecular weight is 254 g/mol. The predicted molar refractivity (Wildman–Crippen MR) is 66.0 cm³/mol. The van der Waals surface area contributed by atoms with E-state index in [1.165, 1.54) is 6.33 Å². The molecule has 92 valence electrons. The van der Waals surface area contributed by atoms with Gasteiger partial charge in [-0.25, -0.2) is 9.67 Å². The molecular weight excluding hydrogens is 238 g/mol. The number of hydrogen-bond donors (Lipinski definition) is 0. The molecule has 0 unspecified atom stereocenters. The minimum atomic E-state index is 0.376. The smallest absolute Gasteiger partial charge is 0.142 e. The molecule has 0 saturated heterocycles. The van der Waals surface area contributed by atoms with Gasteiger partial charge < -0.3 is 0 Å². The van der Waals surface area contributed by atoms with Crippen molar-refractivity contribution in [1.29, 1.82) is 0 Å². The first kappa shape index (κ1) is 12.1. The van der Waals surface area contributed by atoms with Crippen LogP contribution in [0.5, 0.6) is 0 Å². The zero-order valence-corrected chi connectivity index (χ0v) is 10.9. The van der Waals surface area contributed by atoms with Crippen LogP contribution in [0.4, 0.5) is 0 Å². The highest BCUT2D eigenvalue weighted by Gasteiger charge is 2.09. The predicted octanol–water partition coefficient (Wildman–Crippen LogP) is 1.84. The van der Waals surface area contributed by atoms with Gasteiger partial charge >= 0.3 is 0 Å². The van der Waals surface area contributed by atoms with Gasteiger partial charge in [-0.05, 0) is 19.4 Å². The van der Waals surface area contributed by atoms with Gasteiger partial charge in [-0.2, -0.15) is 10.2 Å². The van der Waals surface area contributed by atoms with Gasteiger partial charge in [0.2, 0.25) is 0 Å². The zero-order chi connectivity index (χ0) is 12.3. The molecule has 0 fully saturated rings. The van der Waals surface area contributed by atoms with E-state index < -0.39 is 0 Å². The lowest BCUT2D eigenvalue weighted by molar-refractivity contribution is 0.564. The first-order valence-electron chi connectivity index (χ1n) is 5.76. The highest BCUT2D eigenvalue weighted by molar-refractivity contribution is 6.16. The van der Waals surface area contributed by atoms with Gasteiger partial charge in [-0.15, -0.1) is 11.6 Å². The Balaban J connectivity index is 2.25. The Morgan fingerprint density at radius 1 is 1.29 bits per heavy atom. The van der Waals surface area contributed by atoms with E-state index in [1.54, 1.807) is 0 Å². The second kappa shape index (κ2) is 5.31. The number of hydrogen-bond acceptors (Lipinski definition) is 3. The Kier molecular flexibility index (Phi) is 3.78. The Hall–Kier alpha value is -1.36. The van der Waals surface area contributed by atoms with E-state index in [0.717, 1.165) is 30.2 Å². The van der Waals surface area contributed by atoms with Crippen LogP contribution in [0, 0.1) is 0 Å². The third-order valence-corrected chi connectivity index (χ3v) is 2.94. The van der Waals surface area contributed by atoms with Crippen LogP contribution in [0.3, 0.4) is 0 Å². The van der Waals surface area contributed by atoms with Crippen LogP contribution in [-0.2, 0) is 25.4 Å². The molecule has 0 radical (unpaired) electrons. The van der Waals surface area contributed by atoms with Gasteiger partial charge in [0.1, 0.15) is 12.2 Å². The summed E-state index contributed by atoms with van der Waals surface area (Å²) in [5.74, 6) is 1.16. The van der Waals surface area contributed by atoms with Crippen LogP contribution in [0.15, 0.2) is 12.4 Å². The summed E-state index contributed by atoms with van der Waals surface area (Å²) in [6, 6.07) is 2.11. The van der Waals surface area contributed by atoms with Crippen molar-refractivity contribution in [3.8, 4) is 0 Å². The number of nitrogens with zero attached hydrogens (tertiary/aromatic N) is 5. The Bertz CT molecular complexity index is 488. The molecule has 0 aromatic carbocycles. The topological polar surface area (TPSA) is 48.5 Å². The summed E-state index contributed by atoms with van der Waals surface area (Å²) in [6.45, 7) is 5.72. The fourth-order valence-electron chi connectivity index (χ4n) is 1.77. The van der Waals surface area contributed by atoms with Crippen LogP contribution in [0.2, 0.25) is 0 Å². The Labute approximate surface area is 105 Å². The third-order valence-electron chi connectivity index (χ3n) is 2.70. The standard InChI is InChI=1S/C11H16ClN5/c1-3-9-5-10(16(4-2)15-9)7-17-11(6-12)13-8-14-17/h5,8H,3-4,6-7H2,1-2H3. The van der Waals surface area contributed by atoms with E-state index in [-0.39, 0.29) is 0 Å². The van der Waals surface area contributed by atoms with E-state index in [1.807, 2.05) is 9.36 Å². The molecule has 5 nitrogen and oxygen atoms in total. The fourth-order valence-corrected chi connectivity index (χ4v) is 1.97. The first-order chi connectivity index (χ1) is 8.28. The average Bonchev–Trinajstić information content (AvgIpc) is 2.95. The van der Waals surface area contributed by atoms with Gasteiger partial charge in [-0.3, -0.25) is 4.68 Å². The van der Waals surface area contributed by atoms with Crippen LogP contribution < -0.4 is 0 Å². The molecular formula is C11H16ClN5. The number of aromatic nitrogens is 5. The lowest BCUT2D eigenvalue weighted by Crippen LogP contribution is -2.11. The number of rotatable bonds is 5. The van der Waals surface area contributed by atoms with E-state index in [9.17, 15) is 0 Å². The minimum Gasteiger partial charge on any atom is -0.268 e. The van der Waals surface area contributed by atoms with Crippen molar-refractivity contribution in [2.45, 2.75) is 39.2 Å². The number of halogens is 1. The van der Waals surface area contributed by atoms with Gasteiger partial charge in [-0.1, -0.05) is 6.92 Å². The van der Waals surface area contributed by atoms with Gasteiger partial charge in [0.05, 0.1) is 23.8 Å². The zero-order valence-electron chi connectivity index (χ0n) is 10.1. The maximum absolute atomic E-state index is 5.80. The van der Waals surface area contributed by atoms with Crippen molar-refractivity contribution in [3.63, 3.8) is 0 Å². The highest BCUT2D eigenvalue weighted by atomic mass is 35.5. The first-order valence-corrected chi connectivity index (χ1v) is 6.30. The van der Waals surface area contributed by atoms with Crippen molar-refractivity contribution < 1.29 is 0 Å². The van der Waals surface area contributed by atoms with Crippen LogP contribution in [-0.4, -0.2) is 24.5 Å². The Morgan fingerprint density at radius 3 is 2.76 bits per heavy atom. The second-order valence-electron chi connectivity index (χ2n) is 3.76. The molecule has 2 aromatic heterocycles. The molecule has 0 bridgehead atoms. The molecule has 0 aliphatic rings. The Morgan fingerprint density at radius 2 is 2.12 bits per heavy atom. The summed E-state index contributed by atoms with van der Waals surface area (Å²) in [5.41, 5.74) is 2.25. The van der Waals surface area contributed by atoms with E-state index >= 15 is 0 Å². The summed E-state index contributed by atoms with van der Waals surface area (Å²) in [4.78, 5) is 4.10. The lowest BCUT2D eigenvalue weighted by Gasteiger charge is -2.06. The van der Waals surface area contributed by atoms with Crippen molar-refractivity contribution in [2.75, 3.05) is 0 Å². The molecule has 0 N–H and O–H groups in total. The van der Waals surface area contributed by atoms with Crippen LogP contribution in [0.25, 0.3) is 0 Å². The summed E-state index contributed by atoms with van der Waals surface area (Å²) >= 11 is 5.80. The lowest BCUT2D eigenvalue weighted by atomic mass is 10.3. The fraction of sp³-hybridized carbons (Fsp3) is 0.545. The summed E-state index contributed by atoms with van der Waals surface area (Å²) in [7, 11) is 0. The molecule has 2 rings (SSSR count). The van der Waals surface area contributed by atoms with Crippen molar-refractivity contribution in [2.24, 2.45) is 0 Å². The highest BCUT2D eigenvalue weighted by Crippen LogP contribution is 2.09. The van der Waals surface area contributed by atoms with Gasteiger partial charge in [0.15, 0.2) is 0 Å². The van der Waals surface area contributed by atoms with Gasteiger partial charge in [0.25, 0.3) is 0 Å². The molecule has 2 heterocycles. The van der Waals surface area contributed by atoms with Gasteiger partial charge in [0, 0.05) is 6.54 Å². The molecule has 2 aromatic rings. The summed E-state index contributed by atoms with van der Waals surface area (Å²) in [6.07, 6.45) is 2.48. The maximum Gasteiger partial charge on any atom is 0.142 e. The normalized spacial score (nSPS) is 11.0. The molecule has 0 spiro atoms. The van der Waals surface area contributed by atoms with Crippen molar-refractivity contribution >= 4 is 11.6 Å². The van der Waals surface area contributed by atoms with E-state index in [4.69, 9.17) is 11.6 Å². The molecule has 0 atom stereocenters. The molecule has 6 heteroatoms. The van der Waals surface area contributed by atoms with Crippen LogP contribution in [0.1, 0.15) is 31.1 Å². The molecule has 0 aliphatic carbocycles. The number of alkyl halides is 1. The van der Waals surface area contributed by atoms with Crippen LogP contribution >= 0.6 is 11.6 Å². The van der Waals surface area contributed by atoms with E-state index in [0.29, 0.717) is 12.4 Å². The monoisotopic (exact) mass is 253 g/mol. The summed E-state index contributed by atoms with van der Waals surface area (Å²) < 4.78 is 3.81. The molecule has 17 heavy (non-hydrogen) atoms. The SMILES string of the molecule is CCc1cc(Cn2ncnc2CCl)n(CC)n1. The van der Waals surface area contributed by atoms with E-state index in [2.05, 4.69) is 35.1 Å². The quantitative estimate of drug-likeness (QED) is 0.764. The van der Waals surface area contributed by atoms with Crippen molar-refractivity contribution in [3.05, 3.63) is 29.6 Å². The van der Waals surface area contributed by atoms with Crippen molar-refractivity contribution in [1.82, 2.24) is 24.5 Å². The number of aryl methyl sites for hydroxylation is 2. The third kappa shape index (κ3) is 2.49. The minimum absolute atomic E-state index is 0.376. The molecule has 0 aliphatic heterocycles. The molecule has 0 amide bonds. The summed E-state index contributed by atoms with van der Waals surface area (Å²) in [5, 5.41) is 8.68. The largest absolute Gasteiger partial charge is 0.268 e. The second-order valence-corrected chi connectivity index (χ2v) is 4.03. The maximum atomic E-state index is 5.80. The molecule has 0 saturated carbocycles.